The minimum Gasteiger partial charge on any atom is -0.314 e. The van der Waals surface area contributed by atoms with Crippen molar-refractivity contribution in [1.29, 1.82) is 0 Å². The molecule has 1 saturated heterocycles. The van der Waals surface area contributed by atoms with Gasteiger partial charge in [-0.3, -0.25) is 9.48 Å². The first-order valence-corrected chi connectivity index (χ1v) is 7.24. The first kappa shape index (κ1) is 15.3. The summed E-state index contributed by atoms with van der Waals surface area (Å²) >= 11 is 0. The molecule has 0 spiro atoms. The number of carbonyl (C=O) groups excluding carboxylic acids is 1. The highest BCUT2D eigenvalue weighted by atomic mass is 35.5. The van der Waals surface area contributed by atoms with Gasteiger partial charge in [-0.2, -0.15) is 5.10 Å². The van der Waals surface area contributed by atoms with E-state index in [2.05, 4.69) is 22.7 Å². The lowest BCUT2D eigenvalue weighted by molar-refractivity contribution is -0.120. The maximum atomic E-state index is 12.4. The van der Waals surface area contributed by atoms with Gasteiger partial charge in [-0.15, -0.1) is 12.4 Å². The van der Waals surface area contributed by atoms with Crippen LogP contribution < -0.4 is 10.6 Å². The number of aromatic nitrogens is 2. The van der Waals surface area contributed by atoms with Gasteiger partial charge in [0.05, 0.1) is 5.69 Å². The van der Waals surface area contributed by atoms with Crippen molar-refractivity contribution in [3.05, 3.63) is 11.3 Å². The van der Waals surface area contributed by atoms with Gasteiger partial charge in [-0.05, 0) is 45.6 Å². The van der Waals surface area contributed by atoms with Crippen LogP contribution in [0.2, 0.25) is 0 Å². The van der Waals surface area contributed by atoms with Gasteiger partial charge in [0.25, 0.3) is 0 Å². The molecule has 2 aliphatic rings. The molecule has 0 bridgehead atoms. The van der Waals surface area contributed by atoms with E-state index in [0.717, 1.165) is 50.2 Å². The molecule has 2 heterocycles. The molecule has 112 valence electrons. The van der Waals surface area contributed by atoms with Gasteiger partial charge in [-0.1, -0.05) is 0 Å². The zero-order valence-corrected chi connectivity index (χ0v) is 12.9. The summed E-state index contributed by atoms with van der Waals surface area (Å²) in [5, 5.41) is 11.0. The predicted molar refractivity (Wildman–Crippen MR) is 81.3 cm³/mol. The fourth-order valence-corrected chi connectivity index (χ4v) is 3.26. The lowest BCUT2D eigenvalue weighted by Crippen LogP contribution is -2.40. The molecule has 1 aliphatic carbocycles. The highest BCUT2D eigenvalue weighted by molar-refractivity contribution is 5.92. The number of piperidine rings is 1. The average molecular weight is 299 g/mol. The molecule has 6 heteroatoms. The third-order valence-electron chi connectivity index (χ3n) is 4.30. The largest absolute Gasteiger partial charge is 0.314 e. The van der Waals surface area contributed by atoms with E-state index in [0.29, 0.717) is 6.04 Å². The number of amides is 1. The zero-order valence-electron chi connectivity index (χ0n) is 12.1. The smallest absolute Gasteiger partial charge is 0.228 e. The van der Waals surface area contributed by atoms with Gasteiger partial charge in [-0.25, -0.2) is 0 Å². The Hall–Kier alpha value is -1.07. The monoisotopic (exact) mass is 298 g/mol. The second kappa shape index (κ2) is 6.14. The summed E-state index contributed by atoms with van der Waals surface area (Å²) in [5.41, 5.74) is 2.41. The van der Waals surface area contributed by atoms with Crippen molar-refractivity contribution in [2.45, 2.75) is 45.1 Å². The highest BCUT2D eigenvalue weighted by Gasteiger charge is 2.27. The molecular weight excluding hydrogens is 276 g/mol. The van der Waals surface area contributed by atoms with Crippen LogP contribution in [0.15, 0.2) is 0 Å². The lowest BCUT2D eigenvalue weighted by atomic mass is 9.92. The van der Waals surface area contributed by atoms with Crippen LogP contribution in [0.3, 0.4) is 0 Å². The zero-order chi connectivity index (χ0) is 13.4. The number of hydrogen-bond acceptors (Lipinski definition) is 3. The summed E-state index contributed by atoms with van der Waals surface area (Å²) in [4.78, 5) is 12.4. The summed E-state index contributed by atoms with van der Waals surface area (Å²) < 4.78 is 1.83. The standard InChI is InChI=1S/C14H22N4O.ClH/c1-9-8-10(6-7-15-9)14(19)16-13-11-4-3-5-12(11)17-18(13)2;/h9-10,15H,3-8H2,1-2H3,(H,16,19);1H/t9-,10-;/m0./s1. The number of nitrogens with zero attached hydrogens (tertiary/aromatic N) is 2. The van der Waals surface area contributed by atoms with Crippen LogP contribution in [-0.2, 0) is 24.7 Å². The predicted octanol–water partition coefficient (Wildman–Crippen LogP) is 1.66. The number of fused-ring (bicyclic) bond motifs is 1. The Morgan fingerprint density at radius 3 is 3.00 bits per heavy atom. The van der Waals surface area contributed by atoms with Crippen molar-refractivity contribution in [3.8, 4) is 0 Å². The number of hydrogen-bond donors (Lipinski definition) is 2. The van der Waals surface area contributed by atoms with E-state index in [4.69, 9.17) is 0 Å². The molecule has 5 nitrogen and oxygen atoms in total. The third kappa shape index (κ3) is 2.83. The average Bonchev–Trinajstić information content (AvgIpc) is 2.93. The molecule has 1 amide bonds. The number of nitrogens with one attached hydrogen (secondary N) is 2. The molecule has 1 fully saturated rings. The van der Waals surface area contributed by atoms with Crippen LogP contribution in [-0.4, -0.2) is 28.3 Å². The molecule has 0 radical (unpaired) electrons. The van der Waals surface area contributed by atoms with Crippen molar-refractivity contribution in [1.82, 2.24) is 15.1 Å². The molecule has 20 heavy (non-hydrogen) atoms. The van der Waals surface area contributed by atoms with Gasteiger partial charge >= 0.3 is 0 Å². The quantitative estimate of drug-likeness (QED) is 0.873. The first-order chi connectivity index (χ1) is 9.15. The maximum Gasteiger partial charge on any atom is 0.228 e. The van der Waals surface area contributed by atoms with E-state index in [1.165, 1.54) is 5.56 Å². The van der Waals surface area contributed by atoms with Crippen LogP contribution in [0.1, 0.15) is 37.4 Å². The molecule has 0 unspecified atom stereocenters. The Bertz CT molecular complexity index is 500. The fraction of sp³-hybridized carbons (Fsp3) is 0.714. The molecular formula is C14H23ClN4O. The third-order valence-corrected chi connectivity index (χ3v) is 4.30. The SMILES string of the molecule is C[C@H]1C[C@@H](C(=O)Nc2c3c(nn2C)CCC3)CCN1.Cl. The number of anilines is 1. The minimum absolute atomic E-state index is 0. The van der Waals surface area contributed by atoms with Gasteiger partial charge in [0.2, 0.25) is 5.91 Å². The normalized spacial score (nSPS) is 24.9. The Kier molecular flexibility index (Phi) is 4.70. The van der Waals surface area contributed by atoms with Crippen LogP contribution in [0.25, 0.3) is 0 Å². The van der Waals surface area contributed by atoms with E-state index < -0.39 is 0 Å². The molecule has 0 aromatic carbocycles. The number of halogens is 1. The molecule has 0 saturated carbocycles. The number of rotatable bonds is 2. The topological polar surface area (TPSA) is 59.0 Å². The van der Waals surface area contributed by atoms with Crippen LogP contribution in [0.5, 0.6) is 0 Å². The molecule has 1 aromatic rings. The van der Waals surface area contributed by atoms with E-state index >= 15 is 0 Å². The second-order valence-electron chi connectivity index (χ2n) is 5.82. The summed E-state index contributed by atoms with van der Waals surface area (Å²) in [5.74, 6) is 1.21. The van der Waals surface area contributed by atoms with Gasteiger partial charge in [0.15, 0.2) is 0 Å². The highest BCUT2D eigenvalue weighted by Crippen LogP contribution is 2.29. The van der Waals surface area contributed by atoms with E-state index in [1.807, 2.05) is 11.7 Å². The Morgan fingerprint density at radius 1 is 1.45 bits per heavy atom. The molecule has 1 aliphatic heterocycles. The lowest BCUT2D eigenvalue weighted by Gasteiger charge is -2.27. The number of aryl methyl sites for hydroxylation is 2. The van der Waals surface area contributed by atoms with Crippen molar-refractivity contribution in [2.24, 2.45) is 13.0 Å². The molecule has 1 aromatic heterocycles. The molecule has 3 rings (SSSR count). The molecule has 2 atom stereocenters. The minimum atomic E-state index is 0. The molecule has 2 N–H and O–H groups in total. The van der Waals surface area contributed by atoms with Crippen LogP contribution in [0, 0.1) is 5.92 Å². The van der Waals surface area contributed by atoms with Crippen molar-refractivity contribution < 1.29 is 4.79 Å². The summed E-state index contributed by atoms with van der Waals surface area (Å²) in [6, 6.07) is 0.432. The van der Waals surface area contributed by atoms with Crippen molar-refractivity contribution in [2.75, 3.05) is 11.9 Å². The fourth-order valence-electron chi connectivity index (χ4n) is 3.26. The van der Waals surface area contributed by atoms with Gasteiger partial charge in [0.1, 0.15) is 5.82 Å². The Labute approximate surface area is 125 Å². The van der Waals surface area contributed by atoms with E-state index in [9.17, 15) is 4.79 Å². The second-order valence-corrected chi connectivity index (χ2v) is 5.82. The van der Waals surface area contributed by atoms with E-state index in [1.54, 1.807) is 0 Å². The summed E-state index contributed by atoms with van der Waals surface area (Å²) in [6.07, 6.45) is 5.10. The first-order valence-electron chi connectivity index (χ1n) is 7.24. The van der Waals surface area contributed by atoms with Crippen LogP contribution >= 0.6 is 12.4 Å². The summed E-state index contributed by atoms with van der Waals surface area (Å²) in [7, 11) is 1.92. The summed E-state index contributed by atoms with van der Waals surface area (Å²) in [6.45, 7) is 3.07. The van der Waals surface area contributed by atoms with Gasteiger partial charge < -0.3 is 10.6 Å². The maximum absolute atomic E-state index is 12.4. The van der Waals surface area contributed by atoms with Crippen molar-refractivity contribution >= 4 is 24.1 Å². The Morgan fingerprint density at radius 2 is 2.25 bits per heavy atom. The van der Waals surface area contributed by atoms with E-state index in [-0.39, 0.29) is 24.2 Å². The van der Waals surface area contributed by atoms with Crippen LogP contribution in [0.4, 0.5) is 5.82 Å². The van der Waals surface area contributed by atoms with Crippen molar-refractivity contribution in [3.63, 3.8) is 0 Å². The number of carbonyl (C=O) groups is 1. The van der Waals surface area contributed by atoms with Gasteiger partial charge in [0, 0.05) is 24.6 Å². The Balaban J connectivity index is 0.00000147.